The van der Waals surface area contributed by atoms with Crippen molar-refractivity contribution in [3.63, 3.8) is 0 Å². The number of piperidine rings is 1. The van der Waals surface area contributed by atoms with Crippen LogP contribution in [0.1, 0.15) is 17.8 Å². The Balaban J connectivity index is 1.44. The Bertz CT molecular complexity index is 1040. The van der Waals surface area contributed by atoms with Gasteiger partial charge in [0, 0.05) is 24.8 Å². The van der Waals surface area contributed by atoms with Crippen molar-refractivity contribution < 1.29 is 14.1 Å². The Hall–Kier alpha value is -3.26. The van der Waals surface area contributed by atoms with Crippen LogP contribution < -0.4 is 10.2 Å². The van der Waals surface area contributed by atoms with Crippen LogP contribution in [0.25, 0.3) is 11.5 Å². The monoisotopic (exact) mass is 391 g/mol. The van der Waals surface area contributed by atoms with E-state index in [4.69, 9.17) is 9.26 Å². The van der Waals surface area contributed by atoms with Crippen molar-refractivity contribution in [2.24, 2.45) is 0 Å². The first-order chi connectivity index (χ1) is 14.1. The Morgan fingerprint density at radius 3 is 2.90 bits per heavy atom. The number of ether oxygens (including phenoxy) is 1. The number of carbonyl (C=O) groups is 1. The van der Waals surface area contributed by atoms with Crippen molar-refractivity contribution in [2.45, 2.75) is 25.0 Å². The van der Waals surface area contributed by atoms with Gasteiger partial charge in [0.15, 0.2) is 5.82 Å². The average molecular weight is 391 g/mol. The summed E-state index contributed by atoms with van der Waals surface area (Å²) >= 11 is 0. The predicted molar refractivity (Wildman–Crippen MR) is 105 cm³/mol. The molecule has 0 unspecified atom stereocenters. The van der Waals surface area contributed by atoms with E-state index < -0.39 is 5.54 Å². The van der Waals surface area contributed by atoms with Crippen molar-refractivity contribution in [3.05, 3.63) is 60.0 Å². The second-order valence-electron chi connectivity index (χ2n) is 7.43. The maximum atomic E-state index is 12.2. The standard InChI is InChI=1S/C21H21N5O3/c1-14-23-20(29-25-14)15-7-9-22-18(11-15)26-10-8-21(16-5-3-2-4-6-16)17(12-26)28-13-19(27)24-21/h2-7,9,11,17H,8,10,12-13H2,1H3,(H,24,27)/t17-,21+/m1/s1. The molecule has 0 aliphatic carbocycles. The van der Waals surface area contributed by atoms with Gasteiger partial charge < -0.3 is 19.5 Å². The van der Waals surface area contributed by atoms with Crippen molar-refractivity contribution in [1.29, 1.82) is 0 Å². The second kappa shape index (κ2) is 6.97. The molecule has 2 aliphatic heterocycles. The summed E-state index contributed by atoms with van der Waals surface area (Å²) in [5.74, 6) is 1.81. The second-order valence-corrected chi connectivity index (χ2v) is 7.43. The van der Waals surface area contributed by atoms with Crippen molar-refractivity contribution >= 4 is 11.7 Å². The van der Waals surface area contributed by atoms with E-state index in [0.29, 0.717) is 18.3 Å². The quantitative estimate of drug-likeness (QED) is 0.730. The molecule has 2 saturated heterocycles. The lowest BCUT2D eigenvalue weighted by Crippen LogP contribution is -2.66. The summed E-state index contributed by atoms with van der Waals surface area (Å²) in [6.07, 6.45) is 2.29. The van der Waals surface area contributed by atoms with Crippen LogP contribution in [-0.4, -0.2) is 46.8 Å². The minimum atomic E-state index is -0.520. The number of carbonyl (C=O) groups excluding carboxylic acids is 1. The molecule has 8 heteroatoms. The first-order valence-electron chi connectivity index (χ1n) is 9.64. The van der Waals surface area contributed by atoms with Gasteiger partial charge in [0.1, 0.15) is 18.5 Å². The lowest BCUT2D eigenvalue weighted by Gasteiger charge is -2.50. The molecule has 1 N–H and O–H groups in total. The highest BCUT2D eigenvalue weighted by Crippen LogP contribution is 2.38. The summed E-state index contributed by atoms with van der Waals surface area (Å²) in [4.78, 5) is 23.2. The van der Waals surface area contributed by atoms with E-state index in [1.165, 1.54) is 0 Å². The first kappa shape index (κ1) is 17.8. The fourth-order valence-corrected chi connectivity index (χ4v) is 4.20. The molecule has 2 atom stereocenters. The number of fused-ring (bicyclic) bond motifs is 1. The number of amides is 1. The van der Waals surface area contributed by atoms with Crippen LogP contribution >= 0.6 is 0 Å². The lowest BCUT2D eigenvalue weighted by molar-refractivity contribution is -0.146. The van der Waals surface area contributed by atoms with Gasteiger partial charge in [-0.05, 0) is 31.0 Å². The maximum Gasteiger partial charge on any atom is 0.258 e. The van der Waals surface area contributed by atoms with E-state index in [0.717, 1.165) is 29.9 Å². The molecule has 148 valence electrons. The number of pyridine rings is 1. The summed E-state index contributed by atoms with van der Waals surface area (Å²) < 4.78 is 11.3. The molecule has 2 aliphatic rings. The third-order valence-corrected chi connectivity index (χ3v) is 5.62. The molecule has 0 radical (unpaired) electrons. The molecule has 0 bridgehead atoms. The summed E-state index contributed by atoms with van der Waals surface area (Å²) in [5, 5.41) is 7.07. The summed E-state index contributed by atoms with van der Waals surface area (Å²) in [6, 6.07) is 13.9. The summed E-state index contributed by atoms with van der Waals surface area (Å²) in [5.41, 5.74) is 1.38. The average Bonchev–Trinajstić information content (AvgIpc) is 3.20. The molecule has 0 saturated carbocycles. The van der Waals surface area contributed by atoms with Gasteiger partial charge in [-0.1, -0.05) is 35.5 Å². The van der Waals surface area contributed by atoms with E-state index in [-0.39, 0.29) is 18.6 Å². The van der Waals surface area contributed by atoms with Gasteiger partial charge in [0.25, 0.3) is 5.89 Å². The van der Waals surface area contributed by atoms with Gasteiger partial charge in [0.2, 0.25) is 5.91 Å². The zero-order valence-electron chi connectivity index (χ0n) is 16.0. The molecule has 1 aromatic carbocycles. The lowest BCUT2D eigenvalue weighted by atomic mass is 9.77. The smallest absolute Gasteiger partial charge is 0.258 e. The van der Waals surface area contributed by atoms with E-state index >= 15 is 0 Å². The Labute approximate surface area is 167 Å². The van der Waals surface area contributed by atoms with Gasteiger partial charge in [-0.25, -0.2) is 4.98 Å². The van der Waals surface area contributed by atoms with Crippen LogP contribution in [0.2, 0.25) is 0 Å². The Kier molecular flexibility index (Phi) is 4.28. The summed E-state index contributed by atoms with van der Waals surface area (Å²) in [6.45, 7) is 3.21. The highest BCUT2D eigenvalue weighted by Gasteiger charge is 2.49. The third-order valence-electron chi connectivity index (χ3n) is 5.62. The number of morpholine rings is 1. The normalized spacial score (nSPS) is 24.1. The fraction of sp³-hybridized carbons (Fsp3) is 0.333. The molecular formula is C21H21N5O3. The number of aromatic nitrogens is 3. The van der Waals surface area contributed by atoms with Crippen molar-refractivity contribution in [3.8, 4) is 11.5 Å². The van der Waals surface area contributed by atoms with E-state index in [1.54, 1.807) is 13.1 Å². The highest BCUT2D eigenvalue weighted by atomic mass is 16.5. The van der Waals surface area contributed by atoms with Crippen LogP contribution in [0.15, 0.2) is 53.2 Å². The van der Waals surface area contributed by atoms with Crippen LogP contribution in [0.3, 0.4) is 0 Å². The topological polar surface area (TPSA) is 93.4 Å². The van der Waals surface area contributed by atoms with Gasteiger partial charge in [-0.3, -0.25) is 4.79 Å². The number of hydrogen-bond donors (Lipinski definition) is 1. The van der Waals surface area contributed by atoms with Crippen molar-refractivity contribution in [1.82, 2.24) is 20.4 Å². The Morgan fingerprint density at radius 2 is 2.10 bits per heavy atom. The summed E-state index contributed by atoms with van der Waals surface area (Å²) in [7, 11) is 0. The number of nitrogens with one attached hydrogen (secondary N) is 1. The number of nitrogens with zero attached hydrogens (tertiary/aromatic N) is 4. The van der Waals surface area contributed by atoms with Crippen LogP contribution in [0, 0.1) is 6.92 Å². The number of benzene rings is 1. The van der Waals surface area contributed by atoms with Gasteiger partial charge in [-0.2, -0.15) is 4.98 Å². The highest BCUT2D eigenvalue weighted by molar-refractivity contribution is 5.79. The number of rotatable bonds is 3. The molecule has 1 amide bonds. The number of aryl methyl sites for hydroxylation is 1. The van der Waals surface area contributed by atoms with Crippen LogP contribution in [-0.2, 0) is 15.1 Å². The SMILES string of the molecule is Cc1noc(-c2ccnc(N3CC[C@@]4(c5ccccc5)NC(=O)CO[C@@H]4C3)c2)n1. The van der Waals surface area contributed by atoms with Gasteiger partial charge in [0.05, 0.1) is 5.54 Å². The molecule has 2 fully saturated rings. The largest absolute Gasteiger partial charge is 0.364 e. The predicted octanol–water partition coefficient (Wildman–Crippen LogP) is 2.06. The van der Waals surface area contributed by atoms with E-state index in [2.05, 4.69) is 37.5 Å². The third kappa shape index (κ3) is 3.15. The minimum Gasteiger partial charge on any atom is -0.364 e. The molecule has 5 rings (SSSR count). The van der Waals surface area contributed by atoms with Gasteiger partial charge in [-0.15, -0.1) is 0 Å². The number of hydrogen-bond acceptors (Lipinski definition) is 7. The Morgan fingerprint density at radius 1 is 1.24 bits per heavy atom. The van der Waals surface area contributed by atoms with Gasteiger partial charge >= 0.3 is 0 Å². The molecular weight excluding hydrogens is 370 g/mol. The fourth-order valence-electron chi connectivity index (χ4n) is 4.20. The minimum absolute atomic E-state index is 0.0713. The maximum absolute atomic E-state index is 12.2. The van der Waals surface area contributed by atoms with Crippen LogP contribution in [0.4, 0.5) is 5.82 Å². The van der Waals surface area contributed by atoms with E-state index in [9.17, 15) is 4.79 Å². The van der Waals surface area contributed by atoms with E-state index in [1.807, 2.05) is 30.3 Å². The van der Waals surface area contributed by atoms with Crippen molar-refractivity contribution in [2.75, 3.05) is 24.6 Å². The molecule has 8 nitrogen and oxygen atoms in total. The molecule has 0 spiro atoms. The first-order valence-corrected chi connectivity index (χ1v) is 9.64. The number of anilines is 1. The zero-order chi connectivity index (χ0) is 19.8. The molecule has 3 aromatic rings. The van der Waals surface area contributed by atoms with Crippen LogP contribution in [0.5, 0.6) is 0 Å². The zero-order valence-corrected chi connectivity index (χ0v) is 16.0. The molecule has 2 aromatic heterocycles. The molecule has 4 heterocycles. The molecule has 29 heavy (non-hydrogen) atoms.